The number of halogens is 6. The van der Waals surface area contributed by atoms with E-state index in [1.807, 2.05) is 5.32 Å². The first-order valence-corrected chi connectivity index (χ1v) is 12.5. The van der Waals surface area contributed by atoms with Crippen LogP contribution in [-0.4, -0.2) is 71.0 Å². The highest BCUT2D eigenvalue weighted by Gasteiger charge is 2.54. The van der Waals surface area contributed by atoms with Crippen LogP contribution in [0.15, 0.2) is 23.7 Å². The van der Waals surface area contributed by atoms with Gasteiger partial charge in [-0.2, -0.15) is 26.3 Å². The number of alkyl halides is 6. The van der Waals surface area contributed by atoms with Crippen LogP contribution >= 0.6 is 0 Å². The summed E-state index contributed by atoms with van der Waals surface area (Å²) in [6.45, 7) is 0.964. The third kappa shape index (κ3) is 5.82. The maximum Gasteiger partial charge on any atom is 0.418 e. The molecule has 0 radical (unpaired) electrons. The largest absolute Gasteiger partial charge is 0.418 e. The van der Waals surface area contributed by atoms with Crippen molar-refractivity contribution in [2.45, 2.75) is 50.6 Å². The van der Waals surface area contributed by atoms with E-state index in [1.165, 1.54) is 4.90 Å². The fraction of sp³-hybridized carbons (Fsp3) is 0.583. The summed E-state index contributed by atoms with van der Waals surface area (Å²) in [4.78, 5) is 31.6. The molecule has 2 fully saturated rings. The normalized spacial score (nSPS) is 23.6. The van der Waals surface area contributed by atoms with Gasteiger partial charge in [0.15, 0.2) is 0 Å². The summed E-state index contributed by atoms with van der Waals surface area (Å²) in [5, 5.41) is 20.3. The van der Waals surface area contributed by atoms with Gasteiger partial charge in [0, 0.05) is 49.6 Å². The van der Waals surface area contributed by atoms with Gasteiger partial charge < -0.3 is 31.4 Å². The molecule has 3 aliphatic heterocycles. The van der Waals surface area contributed by atoms with Crippen molar-refractivity contribution in [3.8, 4) is 0 Å². The van der Waals surface area contributed by atoms with Crippen LogP contribution in [0.3, 0.4) is 0 Å². The number of carbonyl (C=O) groups is 2. The molecular weight excluding hydrogens is 534 g/mol. The number of hydrogen-bond acceptors (Lipinski definition) is 7. The Labute approximate surface area is 219 Å². The van der Waals surface area contributed by atoms with Gasteiger partial charge >= 0.3 is 12.4 Å². The van der Waals surface area contributed by atoms with E-state index in [2.05, 4.69) is 4.98 Å². The Balaban J connectivity index is 1.53. The summed E-state index contributed by atoms with van der Waals surface area (Å²) < 4.78 is 82.1. The highest BCUT2D eigenvalue weighted by Crippen LogP contribution is 2.40. The number of nitrogens with zero attached hydrogens (tertiary/aromatic N) is 3. The number of aliphatic hydroxyl groups excluding tert-OH is 1. The second-order valence-corrected chi connectivity index (χ2v) is 9.89. The van der Waals surface area contributed by atoms with Gasteiger partial charge in [0.1, 0.15) is 23.7 Å². The molecule has 0 unspecified atom stereocenters. The number of piperidine rings is 2. The molecule has 0 saturated carbocycles. The number of anilines is 1. The average molecular weight is 563 g/mol. The Hall–Kier alpha value is -3.36. The number of pyridine rings is 1. The predicted molar refractivity (Wildman–Crippen MR) is 127 cm³/mol. The van der Waals surface area contributed by atoms with Gasteiger partial charge in [0.2, 0.25) is 0 Å². The van der Waals surface area contributed by atoms with Crippen molar-refractivity contribution in [1.29, 1.82) is 5.41 Å². The first-order valence-electron chi connectivity index (χ1n) is 12.5. The molecular formula is C24H28F6N6O3. The molecule has 1 aromatic rings. The lowest BCUT2D eigenvalue weighted by molar-refractivity contribution is -0.192. The van der Waals surface area contributed by atoms with E-state index < -0.39 is 70.3 Å². The van der Waals surface area contributed by atoms with Crippen molar-refractivity contribution in [3.05, 3.63) is 34.8 Å². The number of hydrogen-bond donors (Lipinski definition) is 4. The van der Waals surface area contributed by atoms with Crippen LogP contribution in [0, 0.1) is 17.2 Å². The molecule has 214 valence electrons. The molecule has 0 spiro atoms. The zero-order valence-electron chi connectivity index (χ0n) is 20.7. The molecule has 0 aromatic carbocycles. The van der Waals surface area contributed by atoms with Crippen LogP contribution in [-0.2, 0) is 11.0 Å². The molecule has 4 rings (SSSR count). The monoisotopic (exact) mass is 562 g/mol. The molecule has 15 heteroatoms. The van der Waals surface area contributed by atoms with E-state index in [1.54, 1.807) is 4.90 Å². The summed E-state index contributed by atoms with van der Waals surface area (Å²) in [6.07, 6.45) is -9.14. The average Bonchev–Trinajstić information content (AvgIpc) is 2.88. The van der Waals surface area contributed by atoms with Crippen molar-refractivity contribution in [2.75, 3.05) is 31.1 Å². The van der Waals surface area contributed by atoms with Gasteiger partial charge in [-0.15, -0.1) is 0 Å². The SMILES string of the molecule is N=C(C1=C(N)NC(=O)[C@@H](O)[C@H]1C(F)(F)F)C1CCN(c2cc(C(=O)N3CCCCC3)c(C(F)(F)F)cn2)CC1. The van der Waals surface area contributed by atoms with Crippen molar-refractivity contribution < 1.29 is 41.0 Å². The standard InChI is InChI=1S/C24H28F6N6O3/c25-23(26,27)14-11-33-15(10-13(14)22(39)36-6-2-1-3-7-36)35-8-4-12(5-9-35)18(31)16-17(24(28,29)30)19(37)21(38)34-20(16)32/h10-12,17,19,31,37H,1-9,32H2,(H,34,38)/t17-,19-/m0/s1. The zero-order chi connectivity index (χ0) is 28.7. The Morgan fingerprint density at radius 3 is 2.26 bits per heavy atom. The Bertz CT molecular complexity index is 1170. The Kier molecular flexibility index (Phi) is 7.83. The topological polar surface area (TPSA) is 136 Å². The second-order valence-electron chi connectivity index (χ2n) is 9.89. The number of likely N-dealkylation sites (tertiary alicyclic amines) is 1. The summed E-state index contributed by atoms with van der Waals surface area (Å²) in [7, 11) is 0. The smallest absolute Gasteiger partial charge is 0.385 e. The van der Waals surface area contributed by atoms with E-state index in [9.17, 15) is 41.0 Å². The molecule has 2 amide bonds. The molecule has 39 heavy (non-hydrogen) atoms. The summed E-state index contributed by atoms with van der Waals surface area (Å²) in [6, 6.07) is 1.10. The van der Waals surface area contributed by atoms with Crippen LogP contribution in [0.5, 0.6) is 0 Å². The van der Waals surface area contributed by atoms with Gasteiger partial charge in [0.05, 0.1) is 11.1 Å². The number of carbonyl (C=O) groups excluding carboxylic acids is 2. The highest BCUT2D eigenvalue weighted by molar-refractivity contribution is 6.03. The minimum Gasteiger partial charge on any atom is -0.385 e. The lowest BCUT2D eigenvalue weighted by Crippen LogP contribution is -2.54. The Morgan fingerprint density at radius 1 is 1.08 bits per heavy atom. The van der Waals surface area contributed by atoms with Crippen molar-refractivity contribution >= 4 is 23.3 Å². The van der Waals surface area contributed by atoms with Crippen molar-refractivity contribution in [1.82, 2.24) is 15.2 Å². The van der Waals surface area contributed by atoms with Gasteiger partial charge in [-0.05, 0) is 38.2 Å². The molecule has 3 aliphatic rings. The molecule has 2 atom stereocenters. The van der Waals surface area contributed by atoms with E-state index in [0.29, 0.717) is 32.1 Å². The Morgan fingerprint density at radius 2 is 1.69 bits per heavy atom. The van der Waals surface area contributed by atoms with Crippen molar-refractivity contribution in [2.24, 2.45) is 17.6 Å². The molecule has 9 nitrogen and oxygen atoms in total. The highest BCUT2D eigenvalue weighted by atomic mass is 19.4. The van der Waals surface area contributed by atoms with E-state index in [4.69, 9.17) is 11.1 Å². The summed E-state index contributed by atoms with van der Waals surface area (Å²) in [5.74, 6) is -5.97. The maximum atomic E-state index is 13.7. The number of nitrogens with one attached hydrogen (secondary N) is 2. The molecule has 0 bridgehead atoms. The minimum absolute atomic E-state index is 0.112. The van der Waals surface area contributed by atoms with Gasteiger partial charge in [-0.1, -0.05) is 0 Å². The van der Waals surface area contributed by atoms with Crippen LogP contribution < -0.4 is 16.0 Å². The van der Waals surface area contributed by atoms with Gasteiger partial charge in [0.25, 0.3) is 11.8 Å². The second kappa shape index (κ2) is 10.7. The molecule has 4 heterocycles. The third-order valence-electron chi connectivity index (χ3n) is 7.38. The molecule has 1 aromatic heterocycles. The van der Waals surface area contributed by atoms with Crippen LogP contribution in [0.2, 0.25) is 0 Å². The first-order chi connectivity index (χ1) is 18.2. The predicted octanol–water partition coefficient (Wildman–Crippen LogP) is 2.80. The number of nitrogens with two attached hydrogens (primary N) is 1. The van der Waals surface area contributed by atoms with E-state index >= 15 is 0 Å². The molecule has 2 saturated heterocycles. The van der Waals surface area contributed by atoms with Crippen LogP contribution in [0.25, 0.3) is 0 Å². The number of amides is 2. The lowest BCUT2D eigenvalue weighted by Gasteiger charge is -2.37. The lowest BCUT2D eigenvalue weighted by atomic mass is 9.79. The molecule has 5 N–H and O–H groups in total. The van der Waals surface area contributed by atoms with Crippen LogP contribution in [0.1, 0.15) is 48.0 Å². The van der Waals surface area contributed by atoms with E-state index in [0.717, 1.165) is 12.5 Å². The van der Waals surface area contributed by atoms with Gasteiger partial charge in [-0.25, -0.2) is 4.98 Å². The summed E-state index contributed by atoms with van der Waals surface area (Å²) >= 11 is 0. The molecule has 0 aliphatic carbocycles. The van der Waals surface area contributed by atoms with Crippen molar-refractivity contribution in [3.63, 3.8) is 0 Å². The number of aliphatic hydroxyl groups is 1. The summed E-state index contributed by atoms with van der Waals surface area (Å²) in [5.41, 5.74) is 2.82. The number of aromatic nitrogens is 1. The van der Waals surface area contributed by atoms with Gasteiger partial charge in [-0.3, -0.25) is 9.59 Å². The number of rotatable bonds is 4. The van der Waals surface area contributed by atoms with E-state index in [-0.39, 0.29) is 31.7 Å². The third-order valence-corrected chi connectivity index (χ3v) is 7.38. The quantitative estimate of drug-likeness (QED) is 0.329. The first kappa shape index (κ1) is 28.6. The fourth-order valence-corrected chi connectivity index (χ4v) is 5.31. The fourth-order valence-electron chi connectivity index (χ4n) is 5.31. The zero-order valence-corrected chi connectivity index (χ0v) is 20.7. The van der Waals surface area contributed by atoms with Crippen LogP contribution in [0.4, 0.5) is 32.2 Å². The minimum atomic E-state index is -5.04. The maximum absolute atomic E-state index is 13.7.